The van der Waals surface area contributed by atoms with Gasteiger partial charge in [-0.25, -0.2) is 24.3 Å². The molecule has 0 aromatic carbocycles. The maximum atomic E-state index is 11.3. The molecule has 0 unspecified atom stereocenters. The molecule has 23 heteroatoms. The zero-order valence-electron chi connectivity index (χ0n) is 24.9. The number of anilines is 1. The molecule has 0 radical (unpaired) electrons. The van der Waals surface area contributed by atoms with E-state index in [4.69, 9.17) is 27.5 Å². The number of rotatable bonds is 0. The third-order valence-corrected chi connectivity index (χ3v) is 4.98. The van der Waals surface area contributed by atoms with E-state index >= 15 is 0 Å². The molecular formula is C22H31Cl4N12O6P. The quantitative estimate of drug-likeness (QED) is 0.0901. The summed E-state index contributed by atoms with van der Waals surface area (Å²) in [7, 11) is 0. The molecule has 8 N–H and O–H groups in total. The Morgan fingerprint density at radius 2 is 1.22 bits per heavy atom. The van der Waals surface area contributed by atoms with Gasteiger partial charge in [0.25, 0.3) is 16.7 Å². The summed E-state index contributed by atoms with van der Waals surface area (Å²) in [5, 5.41) is 13.2. The third kappa shape index (κ3) is 13.7. The van der Waals surface area contributed by atoms with Gasteiger partial charge in [-0.15, -0.1) is 0 Å². The smallest absolute Gasteiger partial charge is 0.347 e. The largest absolute Gasteiger partial charge is 0.384 e. The van der Waals surface area contributed by atoms with Crippen LogP contribution in [0.5, 0.6) is 0 Å². The van der Waals surface area contributed by atoms with E-state index in [-0.39, 0.29) is 27.7 Å². The SMILES string of the molecule is C=O.CC(C)=N.Cc1c(N)[nH][nH]c1=O.Cc1nc(Cl)n2[nH]c(=O)c(C)c2n1.Cc1nc2c(C)c(=O)[nH]n2c(=O)[nH]1.O=P(Cl)(Cl)Cl. The van der Waals surface area contributed by atoms with Crippen molar-refractivity contribution in [1.29, 1.82) is 5.41 Å². The summed E-state index contributed by atoms with van der Waals surface area (Å²) in [6.07, 6.45) is 0. The highest BCUT2D eigenvalue weighted by atomic mass is 36.0. The lowest BCUT2D eigenvalue weighted by atomic mass is 10.4. The Balaban J connectivity index is 0.000000567. The number of aromatic nitrogens is 10. The number of carbonyl (C=O) groups excluding carboxylic acids is 1. The molecule has 0 amide bonds. The van der Waals surface area contributed by atoms with Gasteiger partial charge in [-0.3, -0.25) is 44.3 Å². The Morgan fingerprint density at radius 1 is 0.800 bits per heavy atom. The number of hydrogen-bond acceptors (Lipinski definition) is 11. The topological polar surface area (TPSA) is 279 Å². The first kappa shape index (κ1) is 41.0. The second-order valence-electron chi connectivity index (χ2n) is 8.63. The van der Waals surface area contributed by atoms with Crippen LogP contribution in [0.3, 0.4) is 0 Å². The number of aromatic amines is 5. The highest BCUT2D eigenvalue weighted by Gasteiger charge is 2.09. The summed E-state index contributed by atoms with van der Waals surface area (Å²) in [6.45, 7) is 13.9. The lowest BCUT2D eigenvalue weighted by molar-refractivity contribution is -0.0980. The summed E-state index contributed by atoms with van der Waals surface area (Å²) < 4.78 is 12.0. The second kappa shape index (κ2) is 18.1. The number of nitrogen functional groups attached to an aromatic ring is 1. The average molecular weight is 732 g/mol. The number of nitrogens with one attached hydrogen (secondary N) is 6. The van der Waals surface area contributed by atoms with E-state index in [0.29, 0.717) is 51.2 Å². The number of H-pyrrole nitrogens is 5. The molecule has 18 nitrogen and oxygen atoms in total. The van der Waals surface area contributed by atoms with Crippen molar-refractivity contribution in [2.24, 2.45) is 0 Å². The summed E-state index contributed by atoms with van der Waals surface area (Å²) in [5.41, 5.74) is 7.37. The van der Waals surface area contributed by atoms with Crippen LogP contribution in [-0.4, -0.2) is 61.9 Å². The van der Waals surface area contributed by atoms with Crippen LogP contribution in [-0.2, 0) is 9.36 Å². The van der Waals surface area contributed by atoms with Gasteiger partial charge < -0.3 is 15.9 Å². The molecule has 5 aromatic heterocycles. The van der Waals surface area contributed by atoms with E-state index in [9.17, 15) is 23.7 Å². The molecule has 5 heterocycles. The number of hydrogen-bond donors (Lipinski definition) is 7. The van der Waals surface area contributed by atoms with Gasteiger partial charge in [0.2, 0.25) is 5.28 Å². The number of fused-ring (bicyclic) bond motifs is 2. The van der Waals surface area contributed by atoms with Crippen molar-refractivity contribution < 1.29 is 9.36 Å². The number of carbonyl (C=O) groups is 1. The summed E-state index contributed by atoms with van der Waals surface area (Å²) in [6, 6.07) is 0. The zero-order valence-corrected chi connectivity index (χ0v) is 28.8. The van der Waals surface area contributed by atoms with Crippen molar-refractivity contribution >= 4 is 80.1 Å². The van der Waals surface area contributed by atoms with E-state index in [2.05, 4.69) is 74.1 Å². The predicted octanol–water partition coefficient (Wildman–Crippen LogP) is 3.28. The van der Waals surface area contributed by atoms with E-state index in [0.717, 1.165) is 4.52 Å². The van der Waals surface area contributed by atoms with Gasteiger partial charge in [-0.2, -0.15) is 4.52 Å². The minimum absolute atomic E-state index is 0.150. The van der Waals surface area contributed by atoms with E-state index in [1.54, 1.807) is 48.5 Å². The second-order valence-corrected chi connectivity index (χ2v) is 15.6. The fourth-order valence-corrected chi connectivity index (χ4v) is 3.00. The molecule has 0 fully saturated rings. The van der Waals surface area contributed by atoms with Crippen LogP contribution in [0.4, 0.5) is 5.82 Å². The number of nitrogens with two attached hydrogens (primary N) is 1. The Hall–Kier alpha value is -3.96. The Morgan fingerprint density at radius 3 is 1.60 bits per heavy atom. The van der Waals surface area contributed by atoms with Gasteiger partial charge in [0.05, 0.1) is 16.7 Å². The van der Waals surface area contributed by atoms with Gasteiger partial charge in [0.15, 0.2) is 11.3 Å². The first-order valence-corrected chi connectivity index (χ1v) is 16.8. The summed E-state index contributed by atoms with van der Waals surface area (Å²) >= 11 is 19.6. The first-order chi connectivity index (χ1) is 20.6. The Bertz CT molecular complexity index is 2020. The van der Waals surface area contributed by atoms with Crippen molar-refractivity contribution in [2.45, 2.75) is 48.5 Å². The van der Waals surface area contributed by atoms with Gasteiger partial charge >= 0.3 is 10.9 Å². The highest BCUT2D eigenvalue weighted by Crippen LogP contribution is 2.61. The van der Waals surface area contributed by atoms with Crippen LogP contribution in [0.25, 0.3) is 11.3 Å². The molecule has 5 aromatic rings. The van der Waals surface area contributed by atoms with Gasteiger partial charge in [0, 0.05) is 5.71 Å². The first-order valence-electron chi connectivity index (χ1n) is 12.0. The maximum absolute atomic E-state index is 11.3. The minimum atomic E-state index is -3.22. The molecule has 0 saturated heterocycles. The molecular weight excluding hydrogens is 701 g/mol. The number of halogens is 4. The molecule has 0 bridgehead atoms. The van der Waals surface area contributed by atoms with Gasteiger partial charge in [-0.05, 0) is 93.8 Å². The van der Waals surface area contributed by atoms with Gasteiger partial charge in [0.1, 0.15) is 24.3 Å². The van der Waals surface area contributed by atoms with E-state index in [1.165, 1.54) is 4.52 Å². The summed E-state index contributed by atoms with van der Waals surface area (Å²) in [5.74, 6) is 1.45. The highest BCUT2D eigenvalue weighted by molar-refractivity contribution is 8.24. The molecule has 5 rings (SSSR count). The van der Waals surface area contributed by atoms with E-state index in [1.807, 2.05) is 6.79 Å². The van der Waals surface area contributed by atoms with Crippen molar-refractivity contribution in [3.8, 4) is 0 Å². The molecule has 0 aliphatic heterocycles. The fraction of sp³-hybridized carbons (Fsp3) is 0.318. The number of aryl methyl sites for hydroxylation is 4. The molecule has 0 aliphatic rings. The zero-order chi connectivity index (χ0) is 35.4. The molecule has 45 heavy (non-hydrogen) atoms. The van der Waals surface area contributed by atoms with E-state index < -0.39 is 5.20 Å². The summed E-state index contributed by atoms with van der Waals surface area (Å²) in [4.78, 5) is 66.6. The third-order valence-electron chi connectivity index (χ3n) is 4.73. The molecule has 0 saturated carbocycles. The van der Waals surface area contributed by atoms with Crippen molar-refractivity contribution in [2.75, 3.05) is 5.73 Å². The Labute approximate surface area is 272 Å². The monoisotopic (exact) mass is 730 g/mol. The van der Waals surface area contributed by atoms with Gasteiger partial charge in [-0.1, -0.05) is 0 Å². The van der Waals surface area contributed by atoms with Crippen LogP contribution in [0.2, 0.25) is 5.28 Å². The van der Waals surface area contributed by atoms with Crippen molar-refractivity contribution in [1.82, 2.24) is 49.4 Å². The minimum Gasteiger partial charge on any atom is -0.384 e. The fourth-order valence-electron chi connectivity index (χ4n) is 2.76. The van der Waals surface area contributed by atoms with Crippen LogP contribution < -0.4 is 28.1 Å². The van der Waals surface area contributed by atoms with Crippen LogP contribution in [0, 0.1) is 40.0 Å². The predicted molar refractivity (Wildman–Crippen MR) is 176 cm³/mol. The molecule has 0 aliphatic carbocycles. The molecule has 0 atom stereocenters. The maximum Gasteiger partial charge on any atom is 0.347 e. The lowest BCUT2D eigenvalue weighted by Crippen LogP contribution is -2.20. The number of nitrogens with zero attached hydrogens (tertiary/aromatic N) is 5. The van der Waals surface area contributed by atoms with Crippen LogP contribution in [0.1, 0.15) is 42.2 Å². The normalized spacial score (nSPS) is 10.0. The molecule has 248 valence electrons. The standard InChI is InChI=1S/C7H7ClN4O.C7H8N4O2.C4H7N3O.C3H7N.CH2O.Cl3OP/c1-3-5-9-4(2)10-7(8)12(5)11-6(3)13;1-3-5-8-4(2)9-7(13)11(5)10-6(3)12;1-2-3(5)6-7-4(2)8;1-3(2)4;1-2;1-5(2,3)4/h1-2H3,(H,11,13);1-2H3,(H,10,12)(H,8,9,13);1H3,(H4,5,6,7,8);4H,1-2H3;1H2;. The van der Waals surface area contributed by atoms with Crippen molar-refractivity contribution in [3.63, 3.8) is 0 Å². The Kier molecular flexibility index (Phi) is 16.5. The average Bonchev–Trinajstić information content (AvgIpc) is 3.49. The van der Waals surface area contributed by atoms with Crippen LogP contribution in [0.15, 0.2) is 19.2 Å². The van der Waals surface area contributed by atoms with Crippen LogP contribution >= 0.6 is 50.5 Å². The van der Waals surface area contributed by atoms with Crippen molar-refractivity contribution in [3.05, 3.63) is 75.2 Å². The molecule has 0 spiro atoms. The lowest BCUT2D eigenvalue weighted by Gasteiger charge is -1.97.